The molecule has 2 amide bonds. The van der Waals surface area contributed by atoms with E-state index < -0.39 is 18.1 Å². The van der Waals surface area contributed by atoms with Crippen molar-refractivity contribution in [1.29, 1.82) is 0 Å². The summed E-state index contributed by atoms with van der Waals surface area (Å²) in [6.45, 7) is 0.692. The zero-order valence-corrected chi connectivity index (χ0v) is 20.6. The zero-order valence-electron chi connectivity index (χ0n) is 20.6. The van der Waals surface area contributed by atoms with E-state index in [1.165, 1.54) is 0 Å². The second kappa shape index (κ2) is 11.6. The molecule has 5 rings (SSSR count). The van der Waals surface area contributed by atoms with Gasteiger partial charge in [0.2, 0.25) is 5.91 Å². The van der Waals surface area contributed by atoms with Gasteiger partial charge in [-0.15, -0.1) is 0 Å². The number of nitrogens with one attached hydrogen (secondary N) is 1. The van der Waals surface area contributed by atoms with Crippen molar-refractivity contribution in [3.8, 4) is 0 Å². The predicted molar refractivity (Wildman–Crippen MR) is 143 cm³/mol. The molecule has 1 aliphatic heterocycles. The molecule has 0 saturated carbocycles. The first-order valence-corrected chi connectivity index (χ1v) is 12.6. The molecule has 5 heteroatoms. The van der Waals surface area contributed by atoms with Crippen molar-refractivity contribution in [2.75, 3.05) is 0 Å². The largest absolute Gasteiger partial charge is 0.445 e. The molecule has 0 radical (unpaired) electrons. The van der Waals surface area contributed by atoms with Gasteiger partial charge in [0, 0.05) is 6.54 Å². The van der Waals surface area contributed by atoms with Crippen LogP contribution in [0.15, 0.2) is 121 Å². The molecule has 0 bridgehead atoms. The number of carbonyl (C=O) groups excluding carboxylic acids is 2. The number of amides is 2. The first kappa shape index (κ1) is 24.3. The first-order chi connectivity index (χ1) is 18.2. The predicted octanol–water partition coefficient (Wildman–Crippen LogP) is 5.92. The fraction of sp³-hybridized carbons (Fsp3) is 0.188. The summed E-state index contributed by atoms with van der Waals surface area (Å²) in [4.78, 5) is 28.5. The van der Waals surface area contributed by atoms with Crippen LogP contribution in [0.2, 0.25) is 0 Å². The van der Waals surface area contributed by atoms with Crippen LogP contribution >= 0.6 is 0 Å². The average molecular weight is 491 g/mol. The minimum Gasteiger partial charge on any atom is -0.445 e. The second-order valence-electron chi connectivity index (χ2n) is 9.34. The van der Waals surface area contributed by atoms with Gasteiger partial charge in [-0.1, -0.05) is 121 Å². The lowest BCUT2D eigenvalue weighted by atomic mass is 9.75. The van der Waals surface area contributed by atoms with Crippen LogP contribution < -0.4 is 5.32 Å². The van der Waals surface area contributed by atoms with Crippen LogP contribution in [0.5, 0.6) is 0 Å². The van der Waals surface area contributed by atoms with Gasteiger partial charge < -0.3 is 15.0 Å². The van der Waals surface area contributed by atoms with Crippen molar-refractivity contribution in [2.45, 2.75) is 31.7 Å². The third-order valence-electron chi connectivity index (χ3n) is 6.83. The number of β-lactam (4-membered cyclic amide) rings is 1. The van der Waals surface area contributed by atoms with Gasteiger partial charge in [0.15, 0.2) is 0 Å². The number of hydrogen-bond acceptors (Lipinski definition) is 3. The van der Waals surface area contributed by atoms with Gasteiger partial charge in [-0.2, -0.15) is 0 Å². The normalized spacial score (nSPS) is 17.5. The monoisotopic (exact) mass is 490 g/mol. The Bertz CT molecular complexity index is 1300. The first-order valence-electron chi connectivity index (χ1n) is 12.6. The molecule has 5 nitrogen and oxygen atoms in total. The van der Waals surface area contributed by atoms with Crippen molar-refractivity contribution >= 4 is 12.0 Å². The summed E-state index contributed by atoms with van der Waals surface area (Å²) in [5.74, 6) is -0.377. The molecule has 1 aliphatic rings. The molecule has 0 aliphatic carbocycles. The molecule has 4 aromatic carbocycles. The summed E-state index contributed by atoms with van der Waals surface area (Å²) in [6, 6.07) is 39.0. The van der Waals surface area contributed by atoms with E-state index in [9.17, 15) is 9.59 Å². The fourth-order valence-electron chi connectivity index (χ4n) is 5.01. The fourth-order valence-corrected chi connectivity index (χ4v) is 5.01. The van der Waals surface area contributed by atoms with E-state index in [-0.39, 0.29) is 18.6 Å². The van der Waals surface area contributed by atoms with E-state index in [2.05, 4.69) is 17.4 Å². The van der Waals surface area contributed by atoms with E-state index in [1.54, 1.807) is 0 Å². The Hall–Kier alpha value is -4.38. The summed E-state index contributed by atoms with van der Waals surface area (Å²) in [5.41, 5.74) is 4.09. The summed E-state index contributed by atoms with van der Waals surface area (Å²) in [7, 11) is 0. The third-order valence-corrected chi connectivity index (χ3v) is 6.83. The van der Waals surface area contributed by atoms with Crippen LogP contribution in [-0.2, 0) is 29.1 Å². The molecule has 186 valence electrons. The quantitative estimate of drug-likeness (QED) is 0.296. The van der Waals surface area contributed by atoms with Gasteiger partial charge in [0.1, 0.15) is 6.61 Å². The zero-order chi connectivity index (χ0) is 25.5. The average Bonchev–Trinajstić information content (AvgIpc) is 2.95. The van der Waals surface area contributed by atoms with Crippen LogP contribution in [0, 0.1) is 5.92 Å². The maximum absolute atomic E-state index is 13.7. The lowest BCUT2D eigenvalue weighted by Gasteiger charge is -2.50. The minimum absolute atomic E-state index is 0.0296. The second-order valence-corrected chi connectivity index (χ2v) is 9.34. The van der Waals surface area contributed by atoms with E-state index >= 15 is 0 Å². The van der Waals surface area contributed by atoms with E-state index in [1.807, 2.05) is 114 Å². The number of rotatable bonds is 9. The molecular formula is C32H30N2O3. The van der Waals surface area contributed by atoms with Crippen molar-refractivity contribution < 1.29 is 14.3 Å². The highest BCUT2D eigenvalue weighted by molar-refractivity contribution is 5.88. The Kier molecular flexibility index (Phi) is 7.60. The smallest absolute Gasteiger partial charge is 0.407 e. The summed E-state index contributed by atoms with van der Waals surface area (Å²) in [5, 5.41) is 3.04. The maximum atomic E-state index is 13.7. The Morgan fingerprint density at radius 1 is 0.730 bits per heavy atom. The third kappa shape index (κ3) is 5.89. The van der Waals surface area contributed by atoms with Crippen LogP contribution in [-0.4, -0.2) is 22.9 Å². The van der Waals surface area contributed by atoms with Gasteiger partial charge in [-0.05, 0) is 28.7 Å². The molecule has 0 spiro atoms. The number of ether oxygens (including phenoxy) is 1. The SMILES string of the molecule is O=C(N[C@@H](Cc1ccccc1)[C@@H]1C(=O)N(Cc2ccccc2)[C@@H]1c1ccccc1)OCc1ccccc1. The molecule has 4 aromatic rings. The van der Waals surface area contributed by atoms with Crippen LogP contribution in [0.4, 0.5) is 4.79 Å². The van der Waals surface area contributed by atoms with Crippen LogP contribution in [0.25, 0.3) is 0 Å². The molecular weight excluding hydrogens is 460 g/mol. The Balaban J connectivity index is 1.39. The number of likely N-dealkylation sites (tertiary alicyclic amines) is 1. The van der Waals surface area contributed by atoms with Crippen molar-refractivity contribution in [2.24, 2.45) is 5.92 Å². The highest BCUT2D eigenvalue weighted by Gasteiger charge is 2.52. The van der Waals surface area contributed by atoms with Crippen molar-refractivity contribution in [1.82, 2.24) is 10.2 Å². The van der Waals surface area contributed by atoms with Crippen LogP contribution in [0.1, 0.15) is 28.3 Å². The Morgan fingerprint density at radius 2 is 1.24 bits per heavy atom. The standard InChI is InChI=1S/C32H30N2O3/c35-31-29(30(27-19-11-4-12-20-27)34(31)22-25-15-7-2-8-16-25)28(21-24-13-5-1-6-14-24)33-32(36)37-23-26-17-9-3-10-18-26/h1-20,28-30H,21-23H2,(H,33,36)/t28-,29-,30+/m0/s1. The topological polar surface area (TPSA) is 58.6 Å². The van der Waals surface area contributed by atoms with Gasteiger partial charge in [-0.25, -0.2) is 4.79 Å². The minimum atomic E-state index is -0.522. The van der Waals surface area contributed by atoms with E-state index in [0.29, 0.717) is 13.0 Å². The lowest BCUT2D eigenvalue weighted by Crippen LogP contribution is -2.62. The van der Waals surface area contributed by atoms with Crippen molar-refractivity contribution in [3.63, 3.8) is 0 Å². The van der Waals surface area contributed by atoms with Gasteiger partial charge in [-0.3, -0.25) is 4.79 Å². The van der Waals surface area contributed by atoms with Gasteiger partial charge in [0.25, 0.3) is 0 Å². The molecule has 0 unspecified atom stereocenters. The van der Waals surface area contributed by atoms with Crippen LogP contribution in [0.3, 0.4) is 0 Å². The number of carbonyl (C=O) groups is 2. The molecule has 37 heavy (non-hydrogen) atoms. The molecule has 0 aromatic heterocycles. The summed E-state index contributed by atoms with van der Waals surface area (Å²) < 4.78 is 5.54. The molecule has 1 N–H and O–H groups in total. The van der Waals surface area contributed by atoms with E-state index in [0.717, 1.165) is 22.3 Å². The summed E-state index contributed by atoms with van der Waals surface area (Å²) in [6.07, 6.45) is 0.00566. The van der Waals surface area contributed by atoms with Crippen molar-refractivity contribution in [3.05, 3.63) is 144 Å². The number of alkyl carbamates (subject to hydrolysis) is 1. The molecule has 1 saturated heterocycles. The number of nitrogens with zero attached hydrogens (tertiary/aromatic N) is 1. The number of benzene rings is 4. The summed E-state index contributed by atoms with van der Waals surface area (Å²) >= 11 is 0. The maximum Gasteiger partial charge on any atom is 0.407 e. The highest BCUT2D eigenvalue weighted by atomic mass is 16.5. The lowest BCUT2D eigenvalue weighted by molar-refractivity contribution is -0.160. The molecule has 1 fully saturated rings. The number of hydrogen-bond donors (Lipinski definition) is 1. The Labute approximate surface area is 217 Å². The van der Waals surface area contributed by atoms with Gasteiger partial charge in [0.05, 0.1) is 18.0 Å². The highest BCUT2D eigenvalue weighted by Crippen LogP contribution is 2.43. The van der Waals surface area contributed by atoms with Gasteiger partial charge >= 0.3 is 6.09 Å². The molecule has 1 heterocycles. The Morgan fingerprint density at radius 3 is 1.84 bits per heavy atom. The molecule has 3 atom stereocenters. The van der Waals surface area contributed by atoms with E-state index in [4.69, 9.17) is 4.74 Å².